The van der Waals surface area contributed by atoms with Crippen LogP contribution in [0.15, 0.2) is 221 Å². The summed E-state index contributed by atoms with van der Waals surface area (Å²) in [7, 11) is 0. The highest BCUT2D eigenvalue weighted by atomic mass is 16.3. The third-order valence-corrected chi connectivity index (χ3v) is 14.5. The fourth-order valence-corrected chi connectivity index (χ4v) is 11.1. The molecule has 0 atom stereocenters. The zero-order valence-corrected chi connectivity index (χ0v) is 39.2. The van der Waals surface area contributed by atoms with Gasteiger partial charge in [0.15, 0.2) is 17.5 Å². The largest absolute Gasteiger partial charge is 0.455 e. The Balaban J connectivity index is 0.920. The summed E-state index contributed by atoms with van der Waals surface area (Å²) < 4.78 is 17.6. The standard InChI is InChI=1S/C65H35N7O2/c66-36-38-22-24-39(25-23-38)50-35-42(27-31-54(50)72-53-19-9-5-17-49(53)60-56(72)33-29-47-45-15-7-11-21-58(45)74-62(47)60)65-69-63(40-12-2-1-3-13-40)68-64(70-65)41-26-30-51(43(34-41)37-67)71-52-18-8-4-16-48(52)59-55(71)32-28-46-44-14-6-10-20-57(44)73-61(46)59/h1-35H. The Kier molecular flexibility index (Phi) is 8.88. The monoisotopic (exact) mass is 945 g/mol. The number of para-hydroxylation sites is 4. The number of nitriles is 2. The minimum absolute atomic E-state index is 0.421. The number of nitrogens with zero attached hydrogens (tertiary/aromatic N) is 7. The molecule has 0 saturated heterocycles. The average Bonchev–Trinajstić information content (AvgIpc) is 4.23. The van der Waals surface area contributed by atoms with Crippen LogP contribution in [0.1, 0.15) is 11.1 Å². The molecule has 74 heavy (non-hydrogen) atoms. The molecule has 10 aromatic carbocycles. The van der Waals surface area contributed by atoms with E-state index in [2.05, 4.69) is 112 Å². The highest BCUT2D eigenvalue weighted by molar-refractivity contribution is 6.25. The lowest BCUT2D eigenvalue weighted by Gasteiger charge is -2.16. The predicted octanol–water partition coefficient (Wildman–Crippen LogP) is 16.3. The summed E-state index contributed by atoms with van der Waals surface area (Å²) in [4.78, 5) is 15.5. The lowest BCUT2D eigenvalue weighted by molar-refractivity contribution is 0.672. The van der Waals surface area contributed by atoms with Crippen LogP contribution in [0.3, 0.4) is 0 Å². The van der Waals surface area contributed by atoms with Crippen LogP contribution >= 0.6 is 0 Å². The minimum Gasteiger partial charge on any atom is -0.455 e. The molecule has 342 valence electrons. The van der Waals surface area contributed by atoms with Crippen LogP contribution in [0, 0.1) is 22.7 Å². The van der Waals surface area contributed by atoms with Crippen LogP contribution in [0.5, 0.6) is 0 Å². The van der Waals surface area contributed by atoms with Crippen molar-refractivity contribution in [2.75, 3.05) is 0 Å². The molecule has 9 heteroatoms. The average molecular weight is 946 g/mol. The molecule has 9 nitrogen and oxygen atoms in total. The first-order valence-electron chi connectivity index (χ1n) is 24.3. The van der Waals surface area contributed by atoms with Crippen LogP contribution < -0.4 is 0 Å². The molecule has 0 aliphatic carbocycles. The van der Waals surface area contributed by atoms with Crippen molar-refractivity contribution in [3.05, 3.63) is 223 Å². The molecule has 0 fully saturated rings. The highest BCUT2D eigenvalue weighted by Gasteiger charge is 2.24. The second kappa shape index (κ2) is 16.0. The van der Waals surface area contributed by atoms with E-state index in [1.807, 2.05) is 121 Å². The summed E-state index contributed by atoms with van der Waals surface area (Å²) in [5, 5.41) is 29.2. The summed E-state index contributed by atoms with van der Waals surface area (Å²) in [6.07, 6.45) is 0. The van der Waals surface area contributed by atoms with Crippen LogP contribution in [-0.2, 0) is 0 Å². The van der Waals surface area contributed by atoms with Gasteiger partial charge in [-0.05, 0) is 103 Å². The maximum Gasteiger partial charge on any atom is 0.164 e. The van der Waals surface area contributed by atoms with E-state index >= 15 is 0 Å². The van der Waals surface area contributed by atoms with Gasteiger partial charge < -0.3 is 18.0 Å². The molecule has 0 N–H and O–H groups in total. The molecule has 15 aromatic rings. The van der Waals surface area contributed by atoms with E-state index in [1.165, 1.54) is 0 Å². The Morgan fingerprint density at radius 1 is 0.351 bits per heavy atom. The summed E-state index contributed by atoms with van der Waals surface area (Å²) in [6, 6.07) is 76.0. The number of hydrogen-bond donors (Lipinski definition) is 0. The Bertz CT molecular complexity index is 4930. The van der Waals surface area contributed by atoms with E-state index in [-0.39, 0.29) is 0 Å². The maximum absolute atomic E-state index is 11.0. The smallest absolute Gasteiger partial charge is 0.164 e. The van der Waals surface area contributed by atoms with Gasteiger partial charge in [-0.3, -0.25) is 0 Å². The van der Waals surface area contributed by atoms with Crippen molar-refractivity contribution in [3.8, 4) is 68.8 Å². The van der Waals surface area contributed by atoms with Crippen LogP contribution in [-0.4, -0.2) is 24.1 Å². The van der Waals surface area contributed by atoms with Gasteiger partial charge in [0, 0.05) is 54.6 Å². The summed E-state index contributed by atoms with van der Waals surface area (Å²) in [5.41, 5.74) is 14.0. The number of aromatic nitrogens is 5. The molecule has 15 rings (SSSR count). The molecule has 0 radical (unpaired) electrons. The quantitative estimate of drug-likeness (QED) is 0.163. The van der Waals surface area contributed by atoms with Gasteiger partial charge in [0.1, 0.15) is 28.4 Å². The van der Waals surface area contributed by atoms with Gasteiger partial charge in [0.05, 0.1) is 61.4 Å². The van der Waals surface area contributed by atoms with Crippen LogP contribution in [0.2, 0.25) is 0 Å². The van der Waals surface area contributed by atoms with E-state index in [0.717, 1.165) is 121 Å². The molecular weight excluding hydrogens is 911 g/mol. The van der Waals surface area contributed by atoms with Crippen molar-refractivity contribution in [2.45, 2.75) is 0 Å². The van der Waals surface area contributed by atoms with Gasteiger partial charge in [0.2, 0.25) is 0 Å². The molecule has 0 aliphatic heterocycles. The zero-order chi connectivity index (χ0) is 49.0. The number of benzene rings is 10. The predicted molar refractivity (Wildman–Crippen MR) is 294 cm³/mol. The second-order valence-electron chi connectivity index (χ2n) is 18.5. The number of fused-ring (bicyclic) bond motifs is 14. The van der Waals surface area contributed by atoms with E-state index in [1.54, 1.807) is 0 Å². The summed E-state index contributed by atoms with van der Waals surface area (Å²) in [5.74, 6) is 1.37. The second-order valence-corrected chi connectivity index (χ2v) is 18.5. The first-order chi connectivity index (χ1) is 36.6. The number of hydrogen-bond acceptors (Lipinski definition) is 7. The van der Waals surface area contributed by atoms with E-state index in [4.69, 9.17) is 23.8 Å². The van der Waals surface area contributed by atoms with Gasteiger partial charge >= 0.3 is 0 Å². The highest BCUT2D eigenvalue weighted by Crippen LogP contribution is 2.44. The summed E-state index contributed by atoms with van der Waals surface area (Å²) >= 11 is 0. The number of furan rings is 2. The van der Waals surface area contributed by atoms with Crippen molar-refractivity contribution in [1.82, 2.24) is 24.1 Å². The van der Waals surface area contributed by atoms with Crippen molar-refractivity contribution >= 4 is 87.5 Å². The van der Waals surface area contributed by atoms with E-state index in [9.17, 15) is 10.5 Å². The molecule has 0 spiro atoms. The Labute approximate surface area is 421 Å². The van der Waals surface area contributed by atoms with Crippen LogP contribution in [0.25, 0.3) is 144 Å². The third-order valence-electron chi connectivity index (χ3n) is 14.5. The first kappa shape index (κ1) is 41.2. The fourth-order valence-electron chi connectivity index (χ4n) is 11.1. The maximum atomic E-state index is 11.0. The molecule has 5 aromatic heterocycles. The van der Waals surface area contributed by atoms with Gasteiger partial charge in [0.25, 0.3) is 0 Å². The molecule has 0 bridgehead atoms. The Morgan fingerprint density at radius 3 is 1.39 bits per heavy atom. The van der Waals surface area contributed by atoms with Crippen LogP contribution in [0.4, 0.5) is 0 Å². The van der Waals surface area contributed by atoms with Gasteiger partial charge in [-0.1, -0.05) is 115 Å². The SMILES string of the molecule is N#Cc1ccc(-c2cc(-c3nc(-c4ccccc4)nc(-c4ccc(-n5c6ccccc6c6c7oc8ccccc8c7ccc65)c(C#N)c4)n3)ccc2-n2c3ccccc3c3c4oc5ccccc5c4ccc32)cc1. The third kappa shape index (κ3) is 6.11. The number of rotatable bonds is 6. The van der Waals surface area contributed by atoms with Crippen molar-refractivity contribution in [2.24, 2.45) is 0 Å². The molecule has 5 heterocycles. The molecule has 0 unspecified atom stereocenters. The molecule has 0 amide bonds. The van der Waals surface area contributed by atoms with Gasteiger partial charge in [-0.15, -0.1) is 0 Å². The Hall–Kier alpha value is -10.6. The van der Waals surface area contributed by atoms with Gasteiger partial charge in [-0.2, -0.15) is 10.5 Å². The normalized spacial score (nSPS) is 11.8. The molecular formula is C65H35N7O2. The van der Waals surface area contributed by atoms with E-state index < -0.39 is 0 Å². The lowest BCUT2D eigenvalue weighted by atomic mass is 9.99. The fraction of sp³-hybridized carbons (Fsp3) is 0. The molecule has 0 saturated carbocycles. The first-order valence-corrected chi connectivity index (χ1v) is 24.3. The van der Waals surface area contributed by atoms with Crippen molar-refractivity contribution in [3.63, 3.8) is 0 Å². The lowest BCUT2D eigenvalue weighted by Crippen LogP contribution is -2.03. The zero-order valence-electron chi connectivity index (χ0n) is 39.2. The van der Waals surface area contributed by atoms with Gasteiger partial charge in [-0.25, -0.2) is 15.0 Å². The van der Waals surface area contributed by atoms with E-state index in [0.29, 0.717) is 34.2 Å². The van der Waals surface area contributed by atoms with Crippen molar-refractivity contribution in [1.29, 1.82) is 10.5 Å². The molecule has 0 aliphatic rings. The minimum atomic E-state index is 0.421. The van der Waals surface area contributed by atoms with Crippen molar-refractivity contribution < 1.29 is 8.83 Å². The summed E-state index contributed by atoms with van der Waals surface area (Å²) in [6.45, 7) is 0. The topological polar surface area (TPSA) is 122 Å². The Morgan fingerprint density at radius 2 is 0.824 bits per heavy atom.